The number of carbonyl (C=O) groups excluding carboxylic acids is 1. The molecule has 0 aromatic heterocycles. The number of carbonyl (C=O) groups is 1. The summed E-state index contributed by atoms with van der Waals surface area (Å²) in [7, 11) is 0. The fourth-order valence-corrected chi connectivity index (χ4v) is 1.65. The van der Waals surface area contributed by atoms with E-state index in [1.807, 2.05) is 0 Å². The number of nitrogens with two attached hydrogens (primary N) is 1. The molecule has 0 saturated carbocycles. The third-order valence-electron chi connectivity index (χ3n) is 2.53. The van der Waals surface area contributed by atoms with E-state index in [2.05, 4.69) is 0 Å². The highest BCUT2D eigenvalue weighted by molar-refractivity contribution is 6.11. The quantitative estimate of drug-likeness (QED) is 0.632. The van der Waals surface area contributed by atoms with Crippen molar-refractivity contribution in [2.24, 2.45) is 5.73 Å². The Morgan fingerprint density at radius 3 is 2.53 bits per heavy atom. The molecule has 2 nitrogen and oxygen atoms in total. The number of Topliss-reactive ketones (excluding diaryl/α,β-unsaturated/α-hetero) is 1. The first-order valence-electron chi connectivity index (χ1n) is 5.15. The molecule has 0 radical (unpaired) electrons. The van der Waals surface area contributed by atoms with Crippen molar-refractivity contribution in [1.82, 2.24) is 0 Å². The largest absolute Gasteiger partial charge is 0.295 e. The van der Waals surface area contributed by atoms with Crippen LogP contribution < -0.4 is 5.73 Å². The molecule has 0 spiro atoms. The SMILES string of the molecule is NC1(F)C=CC(C(=O)c2ccccc2)=C(F)C1. The van der Waals surface area contributed by atoms with Crippen molar-refractivity contribution in [3.8, 4) is 0 Å². The van der Waals surface area contributed by atoms with Crippen LogP contribution >= 0.6 is 0 Å². The van der Waals surface area contributed by atoms with Gasteiger partial charge in [0.15, 0.2) is 11.6 Å². The number of ketones is 1. The van der Waals surface area contributed by atoms with E-state index in [1.165, 1.54) is 0 Å². The average molecular weight is 235 g/mol. The zero-order valence-corrected chi connectivity index (χ0v) is 8.99. The Morgan fingerprint density at radius 2 is 1.94 bits per heavy atom. The molecule has 4 heteroatoms. The van der Waals surface area contributed by atoms with Crippen LogP contribution in [-0.4, -0.2) is 11.6 Å². The van der Waals surface area contributed by atoms with Gasteiger partial charge < -0.3 is 0 Å². The Labute approximate surface area is 97.4 Å². The van der Waals surface area contributed by atoms with E-state index in [0.717, 1.165) is 12.2 Å². The third kappa shape index (κ3) is 2.47. The lowest BCUT2D eigenvalue weighted by atomic mass is 9.94. The summed E-state index contributed by atoms with van der Waals surface area (Å²) in [5, 5.41) is 0. The van der Waals surface area contributed by atoms with Gasteiger partial charge in [0.25, 0.3) is 0 Å². The fraction of sp³-hybridized carbons (Fsp3) is 0.154. The lowest BCUT2D eigenvalue weighted by Gasteiger charge is -2.20. The van der Waals surface area contributed by atoms with Gasteiger partial charge in [0, 0.05) is 5.56 Å². The van der Waals surface area contributed by atoms with Crippen LogP contribution in [0.3, 0.4) is 0 Å². The molecule has 0 saturated heterocycles. The molecule has 0 aliphatic heterocycles. The Kier molecular flexibility index (Phi) is 2.90. The molecule has 1 aromatic carbocycles. The number of hydrogen-bond acceptors (Lipinski definition) is 2. The van der Waals surface area contributed by atoms with E-state index in [4.69, 9.17) is 5.73 Å². The molecular formula is C13H11F2NO. The van der Waals surface area contributed by atoms with Crippen molar-refractivity contribution in [2.75, 3.05) is 0 Å². The summed E-state index contributed by atoms with van der Waals surface area (Å²) >= 11 is 0. The van der Waals surface area contributed by atoms with Gasteiger partial charge in [0.1, 0.15) is 5.83 Å². The highest BCUT2D eigenvalue weighted by Crippen LogP contribution is 2.29. The summed E-state index contributed by atoms with van der Waals surface area (Å²) in [5.74, 6) is -3.48. The van der Waals surface area contributed by atoms with Crippen LogP contribution in [0.4, 0.5) is 8.78 Å². The van der Waals surface area contributed by atoms with Gasteiger partial charge >= 0.3 is 0 Å². The second-order valence-electron chi connectivity index (χ2n) is 3.95. The van der Waals surface area contributed by atoms with Gasteiger partial charge in [-0.15, -0.1) is 0 Å². The lowest BCUT2D eigenvalue weighted by molar-refractivity contribution is 0.103. The standard InChI is InChI=1S/C13H11F2NO/c14-11-8-13(15,16)7-6-10(11)12(17)9-4-2-1-3-5-9/h1-7H,8,16H2. The summed E-state index contributed by atoms with van der Waals surface area (Å²) in [5.41, 5.74) is 5.37. The van der Waals surface area contributed by atoms with Crippen molar-refractivity contribution in [3.63, 3.8) is 0 Å². The van der Waals surface area contributed by atoms with Gasteiger partial charge in [0.2, 0.25) is 0 Å². The third-order valence-corrected chi connectivity index (χ3v) is 2.53. The van der Waals surface area contributed by atoms with Crippen LogP contribution in [-0.2, 0) is 0 Å². The fourth-order valence-electron chi connectivity index (χ4n) is 1.65. The summed E-state index contributed by atoms with van der Waals surface area (Å²) in [6, 6.07) is 8.28. The molecule has 1 aliphatic carbocycles. The molecule has 2 N–H and O–H groups in total. The maximum atomic E-state index is 13.6. The first kappa shape index (κ1) is 11.7. The van der Waals surface area contributed by atoms with Crippen LogP contribution in [0, 0.1) is 0 Å². The first-order valence-corrected chi connectivity index (χ1v) is 5.15. The zero-order chi connectivity index (χ0) is 12.5. The van der Waals surface area contributed by atoms with E-state index < -0.39 is 23.8 Å². The molecule has 1 unspecified atom stereocenters. The highest BCUT2D eigenvalue weighted by Gasteiger charge is 2.30. The zero-order valence-electron chi connectivity index (χ0n) is 8.99. The normalized spacial score (nSPS) is 23.9. The van der Waals surface area contributed by atoms with E-state index >= 15 is 0 Å². The Morgan fingerprint density at radius 1 is 1.29 bits per heavy atom. The first-order chi connectivity index (χ1) is 7.99. The maximum absolute atomic E-state index is 13.6. The van der Waals surface area contributed by atoms with Crippen molar-refractivity contribution in [1.29, 1.82) is 0 Å². The average Bonchev–Trinajstić information content (AvgIpc) is 2.28. The van der Waals surface area contributed by atoms with Crippen LogP contribution in [0.5, 0.6) is 0 Å². The summed E-state index contributed by atoms with van der Waals surface area (Å²) in [4.78, 5) is 11.9. The van der Waals surface area contributed by atoms with Crippen LogP contribution in [0.25, 0.3) is 0 Å². The number of allylic oxidation sites excluding steroid dienone is 2. The number of halogens is 2. The van der Waals surface area contributed by atoms with Gasteiger partial charge in [-0.2, -0.15) is 0 Å². The minimum atomic E-state index is -2.20. The van der Waals surface area contributed by atoms with Gasteiger partial charge in [-0.3, -0.25) is 10.5 Å². The van der Waals surface area contributed by atoms with E-state index in [9.17, 15) is 13.6 Å². The van der Waals surface area contributed by atoms with Crippen molar-refractivity contribution in [3.05, 3.63) is 59.4 Å². The summed E-state index contributed by atoms with van der Waals surface area (Å²) in [6.45, 7) is 0. The Bertz CT molecular complexity index is 503. The second kappa shape index (κ2) is 4.22. The van der Waals surface area contributed by atoms with Gasteiger partial charge in [-0.1, -0.05) is 30.3 Å². The van der Waals surface area contributed by atoms with Crippen LogP contribution in [0.1, 0.15) is 16.8 Å². The summed E-state index contributed by atoms with van der Waals surface area (Å²) in [6.07, 6.45) is 1.51. The molecular weight excluding hydrogens is 224 g/mol. The summed E-state index contributed by atoms with van der Waals surface area (Å²) < 4.78 is 26.8. The molecule has 88 valence electrons. The molecule has 0 fully saturated rings. The molecule has 2 rings (SSSR count). The van der Waals surface area contributed by atoms with Gasteiger partial charge in [0.05, 0.1) is 12.0 Å². The lowest BCUT2D eigenvalue weighted by Crippen LogP contribution is -2.34. The molecule has 0 heterocycles. The van der Waals surface area contributed by atoms with Crippen molar-refractivity contribution >= 4 is 5.78 Å². The number of rotatable bonds is 2. The van der Waals surface area contributed by atoms with Crippen LogP contribution in [0.15, 0.2) is 53.9 Å². The minimum Gasteiger partial charge on any atom is -0.295 e. The van der Waals surface area contributed by atoms with E-state index in [1.54, 1.807) is 30.3 Å². The molecule has 1 aliphatic rings. The topological polar surface area (TPSA) is 43.1 Å². The minimum absolute atomic E-state index is 0.130. The number of alkyl halides is 1. The molecule has 1 atom stereocenters. The monoisotopic (exact) mass is 235 g/mol. The predicted octanol–water partition coefficient (Wildman–Crippen LogP) is 2.68. The van der Waals surface area contributed by atoms with Crippen molar-refractivity contribution < 1.29 is 13.6 Å². The second-order valence-corrected chi connectivity index (χ2v) is 3.95. The van der Waals surface area contributed by atoms with E-state index in [-0.39, 0.29) is 5.57 Å². The maximum Gasteiger partial charge on any atom is 0.195 e. The van der Waals surface area contributed by atoms with Crippen LogP contribution in [0.2, 0.25) is 0 Å². The van der Waals surface area contributed by atoms with Gasteiger partial charge in [-0.05, 0) is 12.2 Å². The molecule has 0 bridgehead atoms. The van der Waals surface area contributed by atoms with E-state index in [0.29, 0.717) is 5.56 Å². The molecule has 0 amide bonds. The Balaban J connectivity index is 2.31. The Hall–Kier alpha value is -1.81. The number of hydrogen-bond donors (Lipinski definition) is 1. The molecule has 1 aromatic rings. The van der Waals surface area contributed by atoms with Gasteiger partial charge in [-0.25, -0.2) is 8.78 Å². The smallest absolute Gasteiger partial charge is 0.195 e. The molecule has 17 heavy (non-hydrogen) atoms. The highest BCUT2D eigenvalue weighted by atomic mass is 19.2. The predicted molar refractivity (Wildman–Crippen MR) is 60.7 cm³/mol. The number of benzene rings is 1. The van der Waals surface area contributed by atoms with Crippen molar-refractivity contribution in [2.45, 2.75) is 12.2 Å².